The van der Waals surface area contributed by atoms with Gasteiger partial charge in [-0.25, -0.2) is 4.68 Å². The molecular formula is C20H24ClN5O4. The first-order valence-electron chi connectivity index (χ1n) is 9.77. The molecule has 0 bridgehead atoms. The molecule has 3 rings (SSSR count). The Morgan fingerprint density at radius 3 is 2.80 bits per heavy atom. The smallest absolute Gasteiger partial charge is 0.310 e. The number of esters is 1. The Hall–Kier alpha value is -2.94. The van der Waals surface area contributed by atoms with E-state index in [4.69, 9.17) is 16.3 Å². The number of aromatic nitrogens is 3. The van der Waals surface area contributed by atoms with Crippen LogP contribution in [0.3, 0.4) is 0 Å². The van der Waals surface area contributed by atoms with Gasteiger partial charge in [0.2, 0.25) is 5.91 Å². The van der Waals surface area contributed by atoms with Crippen LogP contribution in [0.4, 0.5) is 0 Å². The van der Waals surface area contributed by atoms with Gasteiger partial charge in [0.1, 0.15) is 0 Å². The Balaban J connectivity index is 1.61. The van der Waals surface area contributed by atoms with Gasteiger partial charge in [0.05, 0.1) is 36.0 Å². The van der Waals surface area contributed by atoms with Gasteiger partial charge in [-0.05, 0) is 31.9 Å². The fraction of sp³-hybridized carbons (Fsp3) is 0.450. The number of para-hydroxylation sites is 1. The molecule has 30 heavy (non-hydrogen) atoms. The van der Waals surface area contributed by atoms with E-state index in [0.717, 1.165) is 6.42 Å². The van der Waals surface area contributed by atoms with Crippen LogP contribution in [0, 0.1) is 5.92 Å². The number of hydrogen-bond donors (Lipinski definition) is 0. The number of benzene rings is 1. The Morgan fingerprint density at radius 1 is 1.30 bits per heavy atom. The number of nitrogens with zero attached hydrogens (tertiary/aromatic N) is 5. The van der Waals surface area contributed by atoms with Gasteiger partial charge in [0.15, 0.2) is 5.69 Å². The SMILES string of the molecule is CCOC(=O)C1CCCN(C(=O)CN(C)C(=O)c2cn(-c3ccccc3Cl)nn2)C1. The molecule has 1 aliphatic rings. The predicted octanol–water partition coefficient (Wildman–Crippen LogP) is 1.79. The lowest BCUT2D eigenvalue weighted by atomic mass is 9.98. The molecule has 1 aromatic carbocycles. The average Bonchev–Trinajstić information content (AvgIpc) is 3.23. The maximum atomic E-state index is 12.7. The Labute approximate surface area is 179 Å². The van der Waals surface area contributed by atoms with E-state index in [-0.39, 0.29) is 30.0 Å². The second-order valence-electron chi connectivity index (χ2n) is 7.09. The first kappa shape index (κ1) is 21.8. The number of likely N-dealkylation sites (tertiary alicyclic amines) is 1. The number of halogens is 1. The Morgan fingerprint density at radius 2 is 2.07 bits per heavy atom. The fourth-order valence-corrected chi connectivity index (χ4v) is 3.57. The van der Waals surface area contributed by atoms with Gasteiger partial charge in [0.25, 0.3) is 5.91 Å². The van der Waals surface area contributed by atoms with Gasteiger partial charge >= 0.3 is 5.97 Å². The quantitative estimate of drug-likeness (QED) is 0.644. The van der Waals surface area contributed by atoms with E-state index in [1.54, 1.807) is 36.1 Å². The number of carbonyl (C=O) groups excluding carboxylic acids is 3. The van der Waals surface area contributed by atoms with Gasteiger partial charge in [0, 0.05) is 20.1 Å². The number of likely N-dealkylation sites (N-methyl/N-ethyl adjacent to an activating group) is 1. The van der Waals surface area contributed by atoms with Crippen molar-refractivity contribution in [2.24, 2.45) is 5.92 Å². The molecule has 1 aromatic heterocycles. The molecule has 1 atom stereocenters. The van der Waals surface area contributed by atoms with Crippen molar-refractivity contribution < 1.29 is 19.1 Å². The molecule has 2 amide bonds. The van der Waals surface area contributed by atoms with Crippen molar-refractivity contribution in [1.29, 1.82) is 0 Å². The van der Waals surface area contributed by atoms with Crippen molar-refractivity contribution in [1.82, 2.24) is 24.8 Å². The molecule has 10 heteroatoms. The Bertz CT molecular complexity index is 931. The van der Waals surface area contributed by atoms with Crippen LogP contribution in [0.5, 0.6) is 0 Å². The highest BCUT2D eigenvalue weighted by Gasteiger charge is 2.30. The maximum absolute atomic E-state index is 12.7. The summed E-state index contributed by atoms with van der Waals surface area (Å²) in [5.74, 6) is -1.26. The Kier molecular flexibility index (Phi) is 7.04. The number of rotatable bonds is 6. The number of ether oxygens (including phenoxy) is 1. The van der Waals surface area contributed by atoms with E-state index >= 15 is 0 Å². The molecule has 9 nitrogen and oxygen atoms in total. The summed E-state index contributed by atoms with van der Waals surface area (Å²) in [4.78, 5) is 40.2. The average molecular weight is 434 g/mol. The zero-order valence-corrected chi connectivity index (χ0v) is 17.7. The molecular weight excluding hydrogens is 410 g/mol. The number of hydrogen-bond acceptors (Lipinski definition) is 6. The van der Waals surface area contributed by atoms with E-state index in [1.165, 1.54) is 22.8 Å². The molecule has 0 radical (unpaired) electrons. The largest absolute Gasteiger partial charge is 0.466 e. The molecule has 1 saturated heterocycles. The lowest BCUT2D eigenvalue weighted by molar-refractivity contribution is -0.151. The van der Waals surface area contributed by atoms with Gasteiger partial charge in [-0.15, -0.1) is 5.10 Å². The van der Waals surface area contributed by atoms with Crippen LogP contribution >= 0.6 is 11.6 Å². The first-order chi connectivity index (χ1) is 14.4. The van der Waals surface area contributed by atoms with E-state index in [0.29, 0.717) is 36.8 Å². The van der Waals surface area contributed by atoms with Gasteiger partial charge in [-0.3, -0.25) is 14.4 Å². The summed E-state index contributed by atoms with van der Waals surface area (Å²) in [6, 6.07) is 7.07. The molecule has 2 heterocycles. The second kappa shape index (κ2) is 9.71. The van der Waals surface area contributed by atoms with Crippen LogP contribution in [0.2, 0.25) is 5.02 Å². The fourth-order valence-electron chi connectivity index (χ4n) is 3.34. The molecule has 2 aromatic rings. The van der Waals surface area contributed by atoms with Crippen LogP contribution in [-0.4, -0.2) is 75.9 Å². The predicted molar refractivity (Wildman–Crippen MR) is 109 cm³/mol. The molecule has 0 saturated carbocycles. The second-order valence-corrected chi connectivity index (χ2v) is 7.50. The molecule has 160 valence electrons. The lowest BCUT2D eigenvalue weighted by Gasteiger charge is -2.32. The van der Waals surface area contributed by atoms with Gasteiger partial charge < -0.3 is 14.5 Å². The van der Waals surface area contributed by atoms with E-state index < -0.39 is 5.91 Å². The van der Waals surface area contributed by atoms with Crippen LogP contribution < -0.4 is 0 Å². The highest BCUT2D eigenvalue weighted by molar-refractivity contribution is 6.32. The van der Waals surface area contributed by atoms with E-state index in [2.05, 4.69) is 10.3 Å². The number of amides is 2. The van der Waals surface area contributed by atoms with Crippen molar-refractivity contribution in [3.05, 3.63) is 41.2 Å². The van der Waals surface area contributed by atoms with Crippen LogP contribution in [0.1, 0.15) is 30.3 Å². The number of piperidine rings is 1. The standard InChI is InChI=1S/C20H24ClN5O4/c1-3-30-20(29)14-7-6-10-25(11-14)18(27)13-24(2)19(28)16-12-26(23-22-16)17-9-5-4-8-15(17)21/h4-5,8-9,12,14H,3,6-7,10-11,13H2,1-2H3. The van der Waals surface area contributed by atoms with Crippen LogP contribution in [0.15, 0.2) is 30.5 Å². The van der Waals surface area contributed by atoms with Crippen molar-refractivity contribution in [2.75, 3.05) is 33.3 Å². The van der Waals surface area contributed by atoms with Crippen molar-refractivity contribution in [3.63, 3.8) is 0 Å². The van der Waals surface area contributed by atoms with E-state index in [1.807, 2.05) is 0 Å². The van der Waals surface area contributed by atoms with Crippen molar-refractivity contribution in [2.45, 2.75) is 19.8 Å². The summed E-state index contributed by atoms with van der Waals surface area (Å²) < 4.78 is 6.48. The topological polar surface area (TPSA) is 97.6 Å². The molecule has 1 unspecified atom stereocenters. The summed E-state index contributed by atoms with van der Waals surface area (Å²) in [5.41, 5.74) is 0.705. The molecule has 0 spiro atoms. The number of carbonyl (C=O) groups is 3. The minimum Gasteiger partial charge on any atom is -0.466 e. The summed E-state index contributed by atoms with van der Waals surface area (Å²) in [6.45, 7) is 2.82. The zero-order valence-electron chi connectivity index (χ0n) is 17.0. The maximum Gasteiger partial charge on any atom is 0.310 e. The minimum atomic E-state index is -0.430. The van der Waals surface area contributed by atoms with Gasteiger partial charge in [-0.1, -0.05) is 28.9 Å². The monoisotopic (exact) mass is 433 g/mol. The molecule has 0 aliphatic carbocycles. The highest BCUT2D eigenvalue weighted by Crippen LogP contribution is 2.20. The van der Waals surface area contributed by atoms with Crippen molar-refractivity contribution >= 4 is 29.4 Å². The van der Waals surface area contributed by atoms with Crippen LogP contribution in [0.25, 0.3) is 5.69 Å². The summed E-state index contributed by atoms with van der Waals surface area (Å²) >= 11 is 6.15. The summed E-state index contributed by atoms with van der Waals surface area (Å²) in [7, 11) is 1.53. The third-order valence-electron chi connectivity index (χ3n) is 4.92. The molecule has 1 fully saturated rings. The summed E-state index contributed by atoms with van der Waals surface area (Å²) in [5, 5.41) is 8.34. The highest BCUT2D eigenvalue weighted by atomic mass is 35.5. The lowest BCUT2D eigenvalue weighted by Crippen LogP contribution is -2.47. The third kappa shape index (κ3) is 4.96. The van der Waals surface area contributed by atoms with Gasteiger partial charge in [-0.2, -0.15) is 0 Å². The van der Waals surface area contributed by atoms with E-state index in [9.17, 15) is 14.4 Å². The van der Waals surface area contributed by atoms with Crippen LogP contribution in [-0.2, 0) is 14.3 Å². The third-order valence-corrected chi connectivity index (χ3v) is 5.24. The molecule has 0 N–H and O–H groups in total. The summed E-state index contributed by atoms with van der Waals surface area (Å²) in [6.07, 6.45) is 2.89. The molecule has 1 aliphatic heterocycles. The van der Waals surface area contributed by atoms with Crippen molar-refractivity contribution in [3.8, 4) is 5.69 Å². The zero-order chi connectivity index (χ0) is 21.7. The normalized spacial score (nSPS) is 16.2. The minimum absolute atomic E-state index is 0.105. The first-order valence-corrected chi connectivity index (χ1v) is 10.2.